The van der Waals surface area contributed by atoms with Crippen molar-refractivity contribution in [2.24, 2.45) is 0 Å². The Hall–Kier alpha value is -2.04. The number of halogens is 2. The number of anilines is 1. The van der Waals surface area contributed by atoms with Crippen LogP contribution in [0.2, 0.25) is 0 Å². The Balaban J connectivity index is 2.60. The zero-order valence-corrected chi connectivity index (χ0v) is 11.7. The summed E-state index contributed by atoms with van der Waals surface area (Å²) in [4.78, 5) is 8.47. The lowest BCUT2D eigenvalue weighted by Gasteiger charge is -2.16. The second-order valence-electron chi connectivity index (χ2n) is 4.80. The van der Waals surface area contributed by atoms with Crippen LogP contribution in [0.25, 0.3) is 11.3 Å². The van der Waals surface area contributed by atoms with Gasteiger partial charge in [0, 0.05) is 17.7 Å². The summed E-state index contributed by atoms with van der Waals surface area (Å²) in [7, 11) is 0. The number of aromatic nitrogens is 2. The van der Waals surface area contributed by atoms with Crippen LogP contribution < -0.4 is 5.32 Å². The Morgan fingerprint density at radius 1 is 1.15 bits per heavy atom. The Kier molecular flexibility index (Phi) is 4.27. The van der Waals surface area contributed by atoms with E-state index in [4.69, 9.17) is 0 Å². The molecule has 2 rings (SSSR count). The molecule has 5 heteroatoms. The standard InChI is InChI=1S/C15H17F2N3/c1-4-18-15-13(9(2)3)14(19-8-20-15)10-5-6-11(16)12(17)7-10/h5-9H,4H2,1-3H3,(H,18,19,20). The SMILES string of the molecule is CCNc1ncnc(-c2ccc(F)c(F)c2)c1C(C)C. The van der Waals surface area contributed by atoms with Crippen LogP contribution in [0.5, 0.6) is 0 Å². The van der Waals surface area contributed by atoms with Crippen LogP contribution in [0.1, 0.15) is 32.3 Å². The number of hydrogen-bond acceptors (Lipinski definition) is 3. The molecule has 0 aliphatic carbocycles. The van der Waals surface area contributed by atoms with Crippen LogP contribution in [0.3, 0.4) is 0 Å². The highest BCUT2D eigenvalue weighted by Gasteiger charge is 2.17. The zero-order valence-electron chi connectivity index (χ0n) is 11.7. The van der Waals surface area contributed by atoms with Crippen molar-refractivity contribution in [3.05, 3.63) is 41.7 Å². The lowest BCUT2D eigenvalue weighted by molar-refractivity contribution is 0.509. The predicted molar refractivity (Wildman–Crippen MR) is 75.6 cm³/mol. The Morgan fingerprint density at radius 3 is 2.50 bits per heavy atom. The predicted octanol–water partition coefficient (Wildman–Crippen LogP) is 3.98. The smallest absolute Gasteiger partial charge is 0.159 e. The van der Waals surface area contributed by atoms with E-state index in [2.05, 4.69) is 15.3 Å². The number of nitrogens with one attached hydrogen (secondary N) is 1. The normalized spacial score (nSPS) is 10.9. The summed E-state index contributed by atoms with van der Waals surface area (Å²) in [6.45, 7) is 6.74. The van der Waals surface area contributed by atoms with Gasteiger partial charge < -0.3 is 5.32 Å². The van der Waals surface area contributed by atoms with Gasteiger partial charge in [0.05, 0.1) is 5.69 Å². The minimum absolute atomic E-state index is 0.161. The molecule has 0 atom stereocenters. The zero-order chi connectivity index (χ0) is 14.7. The van der Waals surface area contributed by atoms with Crippen LogP contribution in [-0.2, 0) is 0 Å². The molecule has 1 aromatic carbocycles. The van der Waals surface area contributed by atoms with Crippen LogP contribution in [0.4, 0.5) is 14.6 Å². The quantitative estimate of drug-likeness (QED) is 0.918. The molecule has 3 nitrogen and oxygen atoms in total. The Bertz CT molecular complexity index is 612. The molecule has 0 aliphatic heterocycles. The highest BCUT2D eigenvalue weighted by molar-refractivity contribution is 5.69. The van der Waals surface area contributed by atoms with E-state index in [-0.39, 0.29) is 5.92 Å². The topological polar surface area (TPSA) is 37.8 Å². The first-order chi connectivity index (χ1) is 9.54. The van der Waals surface area contributed by atoms with E-state index >= 15 is 0 Å². The average Bonchev–Trinajstić information content (AvgIpc) is 2.42. The molecule has 1 N–H and O–H groups in total. The summed E-state index contributed by atoms with van der Waals surface area (Å²) in [6, 6.07) is 3.81. The third-order valence-electron chi connectivity index (χ3n) is 3.00. The van der Waals surface area contributed by atoms with E-state index in [1.807, 2.05) is 20.8 Å². The van der Waals surface area contributed by atoms with E-state index in [0.717, 1.165) is 24.0 Å². The van der Waals surface area contributed by atoms with E-state index in [9.17, 15) is 8.78 Å². The van der Waals surface area contributed by atoms with Crippen LogP contribution in [0.15, 0.2) is 24.5 Å². The molecule has 0 bridgehead atoms. The van der Waals surface area contributed by atoms with Gasteiger partial charge in [-0.15, -0.1) is 0 Å². The minimum atomic E-state index is -0.874. The summed E-state index contributed by atoms with van der Waals surface area (Å²) in [5, 5.41) is 3.17. The molecule has 106 valence electrons. The molecule has 1 heterocycles. The number of nitrogens with zero attached hydrogens (tertiary/aromatic N) is 2. The van der Waals surface area contributed by atoms with Gasteiger partial charge in [-0.2, -0.15) is 0 Å². The Morgan fingerprint density at radius 2 is 1.90 bits per heavy atom. The van der Waals surface area contributed by atoms with E-state index in [1.54, 1.807) is 0 Å². The maximum Gasteiger partial charge on any atom is 0.159 e. The van der Waals surface area contributed by atoms with E-state index < -0.39 is 11.6 Å². The number of rotatable bonds is 4. The lowest BCUT2D eigenvalue weighted by atomic mass is 9.97. The summed E-state index contributed by atoms with van der Waals surface area (Å²) in [5.41, 5.74) is 2.08. The van der Waals surface area contributed by atoms with Gasteiger partial charge in [-0.1, -0.05) is 13.8 Å². The summed E-state index contributed by atoms with van der Waals surface area (Å²) in [5.74, 6) is -0.841. The van der Waals surface area contributed by atoms with Gasteiger partial charge in [-0.25, -0.2) is 18.7 Å². The number of hydrogen-bond donors (Lipinski definition) is 1. The molecule has 0 radical (unpaired) electrons. The van der Waals surface area contributed by atoms with Crippen molar-refractivity contribution in [1.29, 1.82) is 0 Å². The second kappa shape index (κ2) is 5.94. The molecule has 0 aliphatic rings. The molecule has 2 aromatic rings. The number of benzene rings is 1. The van der Waals surface area contributed by atoms with Crippen molar-refractivity contribution >= 4 is 5.82 Å². The third-order valence-corrected chi connectivity index (χ3v) is 3.00. The van der Waals surface area contributed by atoms with Crippen LogP contribution in [-0.4, -0.2) is 16.5 Å². The van der Waals surface area contributed by atoms with Crippen molar-refractivity contribution in [2.45, 2.75) is 26.7 Å². The first-order valence-electron chi connectivity index (χ1n) is 6.58. The van der Waals surface area contributed by atoms with Crippen molar-refractivity contribution in [2.75, 3.05) is 11.9 Å². The minimum Gasteiger partial charge on any atom is -0.370 e. The molecule has 0 fully saturated rings. The largest absolute Gasteiger partial charge is 0.370 e. The molecular weight excluding hydrogens is 260 g/mol. The summed E-state index contributed by atoms with van der Waals surface area (Å²) < 4.78 is 26.5. The van der Waals surface area contributed by atoms with Gasteiger partial charge in [0.25, 0.3) is 0 Å². The molecule has 0 amide bonds. The van der Waals surface area contributed by atoms with Crippen molar-refractivity contribution in [1.82, 2.24) is 9.97 Å². The fourth-order valence-electron chi connectivity index (χ4n) is 2.12. The van der Waals surface area contributed by atoms with Gasteiger partial charge in [-0.05, 0) is 31.0 Å². The average molecular weight is 277 g/mol. The molecule has 0 saturated carbocycles. The van der Waals surface area contributed by atoms with Crippen LogP contribution in [0, 0.1) is 11.6 Å². The van der Waals surface area contributed by atoms with Gasteiger partial charge in [-0.3, -0.25) is 0 Å². The van der Waals surface area contributed by atoms with Gasteiger partial charge in [0.15, 0.2) is 11.6 Å². The van der Waals surface area contributed by atoms with Crippen molar-refractivity contribution in [3.63, 3.8) is 0 Å². The molecular formula is C15H17F2N3. The molecule has 0 unspecified atom stereocenters. The molecule has 0 saturated heterocycles. The van der Waals surface area contributed by atoms with Crippen molar-refractivity contribution in [3.8, 4) is 11.3 Å². The molecule has 20 heavy (non-hydrogen) atoms. The summed E-state index contributed by atoms with van der Waals surface area (Å²) >= 11 is 0. The van der Waals surface area contributed by atoms with Crippen molar-refractivity contribution < 1.29 is 8.78 Å². The van der Waals surface area contributed by atoms with Gasteiger partial charge in [0.1, 0.15) is 12.1 Å². The van der Waals surface area contributed by atoms with Crippen LogP contribution >= 0.6 is 0 Å². The van der Waals surface area contributed by atoms with Gasteiger partial charge in [0.2, 0.25) is 0 Å². The molecule has 0 spiro atoms. The third kappa shape index (κ3) is 2.76. The fourth-order valence-corrected chi connectivity index (χ4v) is 2.12. The van der Waals surface area contributed by atoms with E-state index in [1.165, 1.54) is 18.5 Å². The lowest BCUT2D eigenvalue weighted by Crippen LogP contribution is -2.07. The highest BCUT2D eigenvalue weighted by Crippen LogP contribution is 2.32. The summed E-state index contributed by atoms with van der Waals surface area (Å²) in [6.07, 6.45) is 1.43. The highest BCUT2D eigenvalue weighted by atomic mass is 19.2. The monoisotopic (exact) mass is 277 g/mol. The maximum atomic E-state index is 13.4. The fraction of sp³-hybridized carbons (Fsp3) is 0.333. The maximum absolute atomic E-state index is 13.4. The van der Waals surface area contributed by atoms with Gasteiger partial charge >= 0.3 is 0 Å². The second-order valence-corrected chi connectivity index (χ2v) is 4.80. The first-order valence-corrected chi connectivity index (χ1v) is 6.58. The Labute approximate surface area is 117 Å². The first kappa shape index (κ1) is 14.4. The van der Waals surface area contributed by atoms with E-state index in [0.29, 0.717) is 11.3 Å². The molecule has 1 aromatic heterocycles.